The lowest BCUT2D eigenvalue weighted by Crippen LogP contribution is -2.43. The highest BCUT2D eigenvalue weighted by Gasteiger charge is 2.41. The minimum Gasteiger partial charge on any atom is -0.228 e. The molecule has 0 aromatic carbocycles. The van der Waals surface area contributed by atoms with Crippen LogP contribution in [0.2, 0.25) is 0 Å². The first-order chi connectivity index (χ1) is 18.5. The molecule has 2 fully saturated rings. The highest BCUT2D eigenvalue weighted by Crippen LogP contribution is 2.37. The third-order valence-electron chi connectivity index (χ3n) is 8.31. The quantitative estimate of drug-likeness (QED) is 0.102. The first kappa shape index (κ1) is 37.7. The van der Waals surface area contributed by atoms with Gasteiger partial charge in [0.05, 0.1) is 22.4 Å². The molecule has 0 aromatic rings. The van der Waals surface area contributed by atoms with Gasteiger partial charge in [-0.2, -0.15) is 19.6 Å². The molecule has 0 radical (unpaired) electrons. The van der Waals surface area contributed by atoms with Crippen molar-refractivity contribution in [3.05, 3.63) is 0 Å². The van der Waals surface area contributed by atoms with E-state index < -0.39 is 11.6 Å². The van der Waals surface area contributed by atoms with E-state index in [0.29, 0.717) is 0 Å². The number of hydrogen-bond acceptors (Lipinski definition) is 8. The molecule has 0 aliphatic heterocycles. The molecule has 8 heteroatoms. The van der Waals surface area contributed by atoms with E-state index in [2.05, 4.69) is 27.7 Å². The molecule has 0 amide bonds. The molecule has 0 heterocycles. The summed E-state index contributed by atoms with van der Waals surface area (Å²) in [5.41, 5.74) is -1.25. The first-order valence-electron chi connectivity index (χ1n) is 16.0. The first-order valence-corrected chi connectivity index (χ1v) is 16.0. The Morgan fingerprint density at radius 2 is 0.575 bits per heavy atom. The van der Waals surface area contributed by atoms with Crippen molar-refractivity contribution in [3.63, 3.8) is 0 Å². The van der Waals surface area contributed by atoms with Gasteiger partial charge in [0.25, 0.3) is 0 Å². The molecule has 0 spiro atoms. The maximum absolute atomic E-state index is 5.72. The van der Waals surface area contributed by atoms with Gasteiger partial charge in [0.15, 0.2) is 0 Å². The summed E-state index contributed by atoms with van der Waals surface area (Å²) in [5, 5.41) is 0. The zero-order valence-electron chi connectivity index (χ0n) is 28.2. The van der Waals surface area contributed by atoms with E-state index in [1.165, 1.54) is 12.8 Å². The molecule has 2 rings (SSSR count). The van der Waals surface area contributed by atoms with Crippen molar-refractivity contribution in [3.8, 4) is 0 Å². The van der Waals surface area contributed by atoms with E-state index in [9.17, 15) is 0 Å². The summed E-state index contributed by atoms with van der Waals surface area (Å²) in [6, 6.07) is 0. The average molecular weight is 577 g/mol. The Morgan fingerprint density at radius 1 is 0.375 bits per heavy atom. The standard InChI is InChI=1S/2C16H32O4/c2*1-7-14(3,4)17-19-16(12-10-9-11-13-16)20-18-15(5,6)8-2/h2*7-13H2,1-6H3. The fourth-order valence-electron chi connectivity index (χ4n) is 3.53. The van der Waals surface area contributed by atoms with Gasteiger partial charge in [-0.3, -0.25) is 0 Å². The van der Waals surface area contributed by atoms with Crippen molar-refractivity contribution in [1.82, 2.24) is 0 Å². The second-order valence-corrected chi connectivity index (χ2v) is 14.1. The monoisotopic (exact) mass is 576 g/mol. The Kier molecular flexibility index (Phi) is 15.6. The topological polar surface area (TPSA) is 73.8 Å². The van der Waals surface area contributed by atoms with Crippen LogP contribution in [0, 0.1) is 0 Å². The fourth-order valence-corrected chi connectivity index (χ4v) is 3.53. The Morgan fingerprint density at radius 3 is 0.750 bits per heavy atom. The Balaban J connectivity index is 0.000000400. The predicted octanol–water partition coefficient (Wildman–Crippen LogP) is 9.84. The van der Waals surface area contributed by atoms with E-state index in [4.69, 9.17) is 39.1 Å². The molecule has 0 saturated heterocycles. The molecule has 240 valence electrons. The van der Waals surface area contributed by atoms with Gasteiger partial charge in [-0.1, -0.05) is 40.5 Å². The van der Waals surface area contributed by atoms with Gasteiger partial charge < -0.3 is 0 Å². The summed E-state index contributed by atoms with van der Waals surface area (Å²) in [6.45, 7) is 24.4. The van der Waals surface area contributed by atoms with Crippen LogP contribution in [0.5, 0.6) is 0 Å². The molecule has 2 aliphatic carbocycles. The van der Waals surface area contributed by atoms with Crippen molar-refractivity contribution in [2.24, 2.45) is 0 Å². The van der Waals surface area contributed by atoms with Crippen LogP contribution >= 0.6 is 0 Å². The summed E-state index contributed by atoms with van der Waals surface area (Å²) in [5.74, 6) is -1.51. The summed E-state index contributed by atoms with van der Waals surface area (Å²) in [6.07, 6.45) is 13.5. The van der Waals surface area contributed by atoms with Gasteiger partial charge >= 0.3 is 0 Å². The van der Waals surface area contributed by atoms with Gasteiger partial charge in [-0.15, -0.1) is 0 Å². The van der Waals surface area contributed by atoms with Crippen molar-refractivity contribution in [2.45, 2.75) is 207 Å². The Labute approximate surface area is 246 Å². The predicted molar refractivity (Wildman–Crippen MR) is 158 cm³/mol. The van der Waals surface area contributed by atoms with Crippen molar-refractivity contribution < 1.29 is 39.1 Å². The second-order valence-electron chi connectivity index (χ2n) is 14.1. The molecule has 0 aromatic heterocycles. The molecule has 0 atom stereocenters. The lowest BCUT2D eigenvalue weighted by Gasteiger charge is -2.38. The summed E-state index contributed by atoms with van der Waals surface area (Å²) in [7, 11) is 0. The highest BCUT2D eigenvalue weighted by atomic mass is 17.3. The van der Waals surface area contributed by atoms with Gasteiger partial charge in [-0.25, -0.2) is 19.6 Å². The largest absolute Gasteiger partial charge is 0.234 e. The Bertz CT molecular complexity index is 574. The smallest absolute Gasteiger partial charge is 0.228 e. The van der Waals surface area contributed by atoms with E-state index >= 15 is 0 Å². The number of hydrogen-bond donors (Lipinski definition) is 0. The summed E-state index contributed by atoms with van der Waals surface area (Å²) >= 11 is 0. The van der Waals surface area contributed by atoms with E-state index in [0.717, 1.165) is 77.0 Å². The fraction of sp³-hybridized carbons (Fsp3) is 1.00. The van der Waals surface area contributed by atoms with Gasteiger partial charge in [-0.05, 0) is 107 Å². The SMILES string of the molecule is CCC(C)(C)OOC1(OOC(C)(C)CC)CCCCC1.CCC(C)(C)OOC1(OOC(C)(C)CC)CCCCC1. The molecule has 0 unspecified atom stereocenters. The van der Waals surface area contributed by atoms with E-state index in [-0.39, 0.29) is 22.4 Å². The van der Waals surface area contributed by atoms with Gasteiger partial charge in [0.1, 0.15) is 0 Å². The van der Waals surface area contributed by atoms with Crippen LogP contribution < -0.4 is 0 Å². The van der Waals surface area contributed by atoms with Crippen LogP contribution in [0.15, 0.2) is 0 Å². The van der Waals surface area contributed by atoms with Crippen LogP contribution in [-0.4, -0.2) is 34.0 Å². The zero-order chi connectivity index (χ0) is 30.6. The molecule has 8 nitrogen and oxygen atoms in total. The van der Waals surface area contributed by atoms with Crippen molar-refractivity contribution >= 4 is 0 Å². The van der Waals surface area contributed by atoms with E-state index in [1.807, 2.05) is 55.4 Å². The lowest BCUT2D eigenvalue weighted by atomic mass is 9.94. The molecule has 2 aliphatic rings. The highest BCUT2D eigenvalue weighted by molar-refractivity contribution is 4.76. The molecule has 40 heavy (non-hydrogen) atoms. The summed E-state index contributed by atoms with van der Waals surface area (Å²) in [4.78, 5) is 45.3. The minimum atomic E-state index is -0.753. The van der Waals surface area contributed by atoms with Gasteiger partial charge in [0.2, 0.25) is 11.6 Å². The summed E-state index contributed by atoms with van der Waals surface area (Å²) < 4.78 is 0. The third-order valence-corrected chi connectivity index (χ3v) is 8.31. The van der Waals surface area contributed by atoms with Crippen LogP contribution in [0.3, 0.4) is 0 Å². The van der Waals surface area contributed by atoms with Crippen LogP contribution in [0.25, 0.3) is 0 Å². The molecule has 0 N–H and O–H groups in total. The zero-order valence-corrected chi connectivity index (χ0v) is 28.2. The van der Waals surface area contributed by atoms with Crippen LogP contribution in [0.1, 0.15) is 173 Å². The maximum Gasteiger partial charge on any atom is 0.234 e. The van der Waals surface area contributed by atoms with Crippen LogP contribution in [0.4, 0.5) is 0 Å². The average Bonchev–Trinajstić information content (AvgIpc) is 2.95. The second kappa shape index (κ2) is 16.5. The molecular weight excluding hydrogens is 512 g/mol. The maximum atomic E-state index is 5.72. The number of rotatable bonds is 16. The third kappa shape index (κ3) is 14.2. The Hall–Kier alpha value is -0.320. The van der Waals surface area contributed by atoms with Crippen molar-refractivity contribution in [1.29, 1.82) is 0 Å². The van der Waals surface area contributed by atoms with Gasteiger partial charge in [0, 0.05) is 25.7 Å². The van der Waals surface area contributed by atoms with Crippen LogP contribution in [-0.2, 0) is 39.1 Å². The molecule has 2 saturated carbocycles. The lowest BCUT2D eigenvalue weighted by molar-refractivity contribution is -0.547. The minimum absolute atomic E-state index is 0.311. The molecular formula is C32H64O8. The molecule has 0 bridgehead atoms. The normalized spacial score (nSPS) is 20.1. The van der Waals surface area contributed by atoms with Crippen molar-refractivity contribution in [2.75, 3.05) is 0 Å². The van der Waals surface area contributed by atoms with E-state index in [1.54, 1.807) is 0 Å².